The molecule has 2 aromatic carbocycles. The number of thiocarbonyl (C=S) groups is 1. The van der Waals surface area contributed by atoms with Gasteiger partial charge in [-0.2, -0.15) is 0 Å². The summed E-state index contributed by atoms with van der Waals surface area (Å²) < 4.78 is 0. The van der Waals surface area contributed by atoms with Crippen LogP contribution in [-0.2, 0) is 0 Å². The number of hydrogen-bond donors (Lipinski definition) is 2. The zero-order valence-corrected chi connectivity index (χ0v) is 11.6. The summed E-state index contributed by atoms with van der Waals surface area (Å²) in [4.78, 5) is 0.382. The molecule has 0 aromatic heterocycles. The predicted molar refractivity (Wildman–Crippen MR) is 82.1 cm³/mol. The number of anilines is 2. The fraction of sp³-hybridized carbons (Fsp3) is 0. The maximum atomic E-state index is 5.93. The molecule has 0 unspecified atom stereocenters. The van der Waals surface area contributed by atoms with E-state index < -0.39 is 0 Å². The number of rotatable bonds is 3. The molecule has 2 aromatic rings. The van der Waals surface area contributed by atoms with Crippen LogP contribution in [0.4, 0.5) is 11.4 Å². The van der Waals surface area contributed by atoms with Crippen molar-refractivity contribution in [1.29, 1.82) is 0 Å². The Morgan fingerprint density at radius 3 is 2.00 bits per heavy atom. The van der Waals surface area contributed by atoms with Crippen LogP contribution >= 0.6 is 35.4 Å². The van der Waals surface area contributed by atoms with Gasteiger partial charge < -0.3 is 11.1 Å². The van der Waals surface area contributed by atoms with Crippen molar-refractivity contribution in [3.8, 4) is 0 Å². The van der Waals surface area contributed by atoms with Gasteiger partial charge in [-0.1, -0.05) is 35.4 Å². The molecule has 2 nitrogen and oxygen atoms in total. The first-order chi connectivity index (χ1) is 8.54. The van der Waals surface area contributed by atoms with Crippen molar-refractivity contribution in [2.24, 2.45) is 5.73 Å². The lowest BCUT2D eigenvalue weighted by molar-refractivity contribution is 1.53. The quantitative estimate of drug-likeness (QED) is 0.826. The smallest absolute Gasteiger partial charge is 0.103 e. The number of nitrogens with one attached hydrogen (secondary N) is 1. The molecule has 0 radical (unpaired) electrons. The van der Waals surface area contributed by atoms with E-state index in [4.69, 9.17) is 41.2 Å². The third-order valence-electron chi connectivity index (χ3n) is 2.32. The third-order valence-corrected chi connectivity index (χ3v) is 2.99. The highest BCUT2D eigenvalue weighted by Crippen LogP contribution is 2.25. The van der Waals surface area contributed by atoms with Crippen LogP contribution in [0.1, 0.15) is 5.56 Å². The second-order valence-corrected chi connectivity index (χ2v) is 5.04. The number of halogens is 2. The van der Waals surface area contributed by atoms with Crippen LogP contribution in [-0.4, -0.2) is 4.99 Å². The molecule has 0 heterocycles. The fourth-order valence-electron chi connectivity index (χ4n) is 1.51. The predicted octanol–water partition coefficient (Wildman–Crippen LogP) is 4.37. The Bertz CT molecular complexity index is 562. The average molecular weight is 297 g/mol. The van der Waals surface area contributed by atoms with E-state index in [2.05, 4.69) is 5.32 Å². The second-order valence-electron chi connectivity index (χ2n) is 3.72. The summed E-state index contributed by atoms with van der Waals surface area (Å²) >= 11 is 16.7. The molecule has 0 fully saturated rings. The second kappa shape index (κ2) is 5.57. The molecule has 18 heavy (non-hydrogen) atoms. The van der Waals surface area contributed by atoms with Crippen LogP contribution in [0.15, 0.2) is 42.5 Å². The Balaban J connectivity index is 2.20. The van der Waals surface area contributed by atoms with E-state index >= 15 is 0 Å². The van der Waals surface area contributed by atoms with E-state index in [-0.39, 0.29) is 0 Å². The molecule has 0 bridgehead atoms. The summed E-state index contributed by atoms with van der Waals surface area (Å²) in [7, 11) is 0. The van der Waals surface area contributed by atoms with Crippen LogP contribution in [0.2, 0.25) is 10.0 Å². The van der Waals surface area contributed by atoms with Gasteiger partial charge in [0.05, 0.1) is 0 Å². The fourth-order valence-corrected chi connectivity index (χ4v) is 2.17. The molecule has 0 amide bonds. The summed E-state index contributed by atoms with van der Waals surface area (Å²) in [6.07, 6.45) is 0. The van der Waals surface area contributed by atoms with Gasteiger partial charge in [0.1, 0.15) is 4.99 Å². The number of hydrogen-bond acceptors (Lipinski definition) is 2. The first kappa shape index (κ1) is 13.1. The summed E-state index contributed by atoms with van der Waals surface area (Å²) in [6, 6.07) is 12.8. The van der Waals surface area contributed by atoms with Gasteiger partial charge in [0, 0.05) is 27.0 Å². The van der Waals surface area contributed by atoms with E-state index in [0.29, 0.717) is 15.0 Å². The minimum atomic E-state index is 0.382. The lowest BCUT2D eigenvalue weighted by atomic mass is 10.2. The summed E-state index contributed by atoms with van der Waals surface area (Å²) in [5.74, 6) is 0. The standard InChI is InChI=1S/C13H10Cl2N2S/c14-9-5-10(15)7-12(6-9)17-11-3-1-8(2-4-11)13(16)18/h1-7,17H,(H2,16,18). The van der Waals surface area contributed by atoms with Crippen molar-refractivity contribution in [2.45, 2.75) is 0 Å². The van der Waals surface area contributed by atoms with Gasteiger partial charge in [0.25, 0.3) is 0 Å². The van der Waals surface area contributed by atoms with Crippen LogP contribution in [0.5, 0.6) is 0 Å². The van der Waals surface area contributed by atoms with Gasteiger partial charge in [-0.05, 0) is 42.5 Å². The molecular formula is C13H10Cl2N2S. The topological polar surface area (TPSA) is 38.0 Å². The molecule has 0 aliphatic carbocycles. The Morgan fingerprint density at radius 2 is 1.50 bits per heavy atom. The molecular weight excluding hydrogens is 287 g/mol. The van der Waals surface area contributed by atoms with E-state index in [1.54, 1.807) is 18.2 Å². The number of benzene rings is 2. The highest BCUT2D eigenvalue weighted by atomic mass is 35.5. The minimum Gasteiger partial charge on any atom is -0.389 e. The molecule has 2 rings (SSSR count). The molecule has 0 aliphatic rings. The molecule has 92 valence electrons. The van der Waals surface area contributed by atoms with Crippen molar-refractivity contribution >= 4 is 51.8 Å². The van der Waals surface area contributed by atoms with Gasteiger partial charge in [0.2, 0.25) is 0 Å². The Kier molecular flexibility index (Phi) is 4.07. The molecule has 0 saturated carbocycles. The molecule has 0 aliphatic heterocycles. The van der Waals surface area contributed by atoms with Crippen LogP contribution in [0.25, 0.3) is 0 Å². The first-order valence-electron chi connectivity index (χ1n) is 5.17. The maximum absolute atomic E-state index is 5.93. The van der Waals surface area contributed by atoms with Crippen molar-refractivity contribution in [3.05, 3.63) is 58.1 Å². The van der Waals surface area contributed by atoms with Gasteiger partial charge >= 0.3 is 0 Å². The van der Waals surface area contributed by atoms with Gasteiger partial charge in [-0.25, -0.2) is 0 Å². The molecule has 3 N–H and O–H groups in total. The highest BCUT2D eigenvalue weighted by molar-refractivity contribution is 7.80. The third kappa shape index (κ3) is 3.35. The van der Waals surface area contributed by atoms with Crippen molar-refractivity contribution in [1.82, 2.24) is 0 Å². The SMILES string of the molecule is NC(=S)c1ccc(Nc2cc(Cl)cc(Cl)c2)cc1. The average Bonchev–Trinajstić information content (AvgIpc) is 2.28. The van der Waals surface area contributed by atoms with Crippen LogP contribution in [0.3, 0.4) is 0 Å². The van der Waals surface area contributed by atoms with Crippen molar-refractivity contribution in [3.63, 3.8) is 0 Å². The van der Waals surface area contributed by atoms with E-state index in [0.717, 1.165) is 16.9 Å². The van der Waals surface area contributed by atoms with Crippen molar-refractivity contribution in [2.75, 3.05) is 5.32 Å². The van der Waals surface area contributed by atoms with Gasteiger partial charge in [-0.15, -0.1) is 0 Å². The zero-order chi connectivity index (χ0) is 13.1. The Hall–Kier alpha value is -1.29. The minimum absolute atomic E-state index is 0.382. The monoisotopic (exact) mass is 296 g/mol. The summed E-state index contributed by atoms with van der Waals surface area (Å²) in [6.45, 7) is 0. The van der Waals surface area contributed by atoms with Crippen LogP contribution < -0.4 is 11.1 Å². The largest absolute Gasteiger partial charge is 0.389 e. The van der Waals surface area contributed by atoms with Gasteiger partial charge in [-0.3, -0.25) is 0 Å². The van der Waals surface area contributed by atoms with E-state index in [1.807, 2.05) is 24.3 Å². The molecule has 0 saturated heterocycles. The Labute approximate surface area is 121 Å². The summed E-state index contributed by atoms with van der Waals surface area (Å²) in [5.41, 5.74) is 8.11. The normalized spacial score (nSPS) is 10.1. The number of nitrogens with two attached hydrogens (primary N) is 1. The zero-order valence-electron chi connectivity index (χ0n) is 9.28. The lowest BCUT2D eigenvalue weighted by Gasteiger charge is -2.08. The Morgan fingerprint density at radius 1 is 0.944 bits per heavy atom. The van der Waals surface area contributed by atoms with Gasteiger partial charge in [0.15, 0.2) is 0 Å². The summed E-state index contributed by atoms with van der Waals surface area (Å²) in [5, 5.41) is 4.37. The lowest BCUT2D eigenvalue weighted by Crippen LogP contribution is -2.08. The highest BCUT2D eigenvalue weighted by Gasteiger charge is 2.00. The van der Waals surface area contributed by atoms with E-state index in [9.17, 15) is 0 Å². The first-order valence-corrected chi connectivity index (χ1v) is 6.34. The molecule has 5 heteroatoms. The van der Waals surface area contributed by atoms with E-state index in [1.165, 1.54) is 0 Å². The maximum Gasteiger partial charge on any atom is 0.103 e. The van der Waals surface area contributed by atoms with Crippen molar-refractivity contribution < 1.29 is 0 Å². The van der Waals surface area contributed by atoms with Crippen LogP contribution in [0, 0.1) is 0 Å². The molecule has 0 spiro atoms. The molecule has 0 atom stereocenters.